The van der Waals surface area contributed by atoms with Crippen molar-refractivity contribution in [1.82, 2.24) is 10.2 Å². The summed E-state index contributed by atoms with van der Waals surface area (Å²) < 4.78 is 0. The summed E-state index contributed by atoms with van der Waals surface area (Å²) >= 11 is 0. The number of rotatable bonds is 8. The molecule has 0 unspecified atom stereocenters. The van der Waals surface area contributed by atoms with Crippen molar-refractivity contribution in [3.05, 3.63) is 107 Å². The normalized spacial score (nSPS) is 15.8. The Hall–Kier alpha value is -3.33. The first-order valence-electron chi connectivity index (χ1n) is 11.3. The number of likely N-dealkylation sites (N-methyl/N-ethyl adjacent to an activating group) is 1. The van der Waals surface area contributed by atoms with Gasteiger partial charge in [-0.2, -0.15) is 0 Å². The van der Waals surface area contributed by atoms with Crippen LogP contribution in [0.5, 0.6) is 0 Å². The lowest BCUT2D eigenvalue weighted by atomic mass is 9.88. The van der Waals surface area contributed by atoms with Crippen LogP contribution < -0.4 is 5.32 Å². The van der Waals surface area contributed by atoms with E-state index in [0.717, 1.165) is 18.5 Å². The van der Waals surface area contributed by atoms with Crippen LogP contribution in [-0.2, 0) is 4.79 Å². The van der Waals surface area contributed by atoms with Gasteiger partial charge < -0.3 is 10.2 Å². The molecule has 0 atom stereocenters. The second-order valence-corrected chi connectivity index (χ2v) is 7.61. The lowest BCUT2D eigenvalue weighted by Gasteiger charge is -2.30. The molecular weight excluding hydrogens is 392 g/mol. The molecule has 0 radical (unpaired) electrons. The third-order valence-corrected chi connectivity index (χ3v) is 5.71. The summed E-state index contributed by atoms with van der Waals surface area (Å²) in [5, 5.41) is 2.68. The zero-order valence-electron chi connectivity index (χ0n) is 20.3. The van der Waals surface area contributed by atoms with E-state index in [1.165, 1.54) is 33.5 Å². The number of benzene rings is 1. The van der Waals surface area contributed by atoms with Crippen molar-refractivity contribution in [2.45, 2.75) is 47.5 Å². The molecule has 0 aromatic heterocycles. The summed E-state index contributed by atoms with van der Waals surface area (Å²) in [6, 6.07) is 8.61. The summed E-state index contributed by atoms with van der Waals surface area (Å²) in [5.74, 6) is -0.106. The van der Waals surface area contributed by atoms with Crippen molar-refractivity contribution in [1.29, 1.82) is 0 Å². The Balaban J connectivity index is 2.67. The van der Waals surface area contributed by atoms with E-state index in [0.29, 0.717) is 5.57 Å². The van der Waals surface area contributed by atoms with Crippen LogP contribution in [-0.4, -0.2) is 17.9 Å². The van der Waals surface area contributed by atoms with Crippen LogP contribution in [0.1, 0.15) is 58.6 Å². The fraction of sp³-hybridized carbons (Fsp3) is 0.276. The Kier molecular flexibility index (Phi) is 9.27. The number of nitrogens with one attached hydrogen (secondary N) is 1. The molecule has 1 aliphatic heterocycles. The van der Waals surface area contributed by atoms with Gasteiger partial charge in [-0.05, 0) is 73.6 Å². The SMILES string of the molecule is C=C1C=C(C(=O)NC)C=CN1/C(CC)=C(\CC)c1ccccc1C(=C/C=CC)/C(C)=C\C. The molecule has 1 amide bonds. The maximum Gasteiger partial charge on any atom is 0.251 e. The van der Waals surface area contributed by atoms with Gasteiger partial charge in [0.1, 0.15) is 0 Å². The first kappa shape index (κ1) is 24.9. The van der Waals surface area contributed by atoms with Gasteiger partial charge in [0.25, 0.3) is 5.91 Å². The van der Waals surface area contributed by atoms with Crippen LogP contribution in [0.25, 0.3) is 11.1 Å². The monoisotopic (exact) mass is 428 g/mol. The quantitative estimate of drug-likeness (QED) is 0.446. The van der Waals surface area contributed by atoms with Crippen LogP contribution >= 0.6 is 0 Å². The minimum Gasteiger partial charge on any atom is -0.355 e. The van der Waals surface area contributed by atoms with Crippen molar-refractivity contribution >= 4 is 17.1 Å². The molecule has 32 heavy (non-hydrogen) atoms. The van der Waals surface area contributed by atoms with Gasteiger partial charge in [0, 0.05) is 30.2 Å². The molecule has 0 fully saturated rings. The largest absolute Gasteiger partial charge is 0.355 e. The van der Waals surface area contributed by atoms with Gasteiger partial charge in [-0.1, -0.05) is 69.0 Å². The average molecular weight is 429 g/mol. The molecule has 2 rings (SSSR count). The molecule has 0 saturated heterocycles. The average Bonchev–Trinajstić information content (AvgIpc) is 2.82. The van der Waals surface area contributed by atoms with E-state index in [2.05, 4.69) is 93.1 Å². The van der Waals surface area contributed by atoms with Gasteiger partial charge in [-0.3, -0.25) is 4.79 Å². The maximum absolute atomic E-state index is 12.0. The Bertz CT molecular complexity index is 1040. The highest BCUT2D eigenvalue weighted by Gasteiger charge is 2.20. The molecule has 168 valence electrons. The molecule has 1 aromatic rings. The highest BCUT2D eigenvalue weighted by molar-refractivity contribution is 5.97. The molecule has 0 aliphatic carbocycles. The fourth-order valence-corrected chi connectivity index (χ4v) is 3.94. The number of hydrogen-bond donors (Lipinski definition) is 1. The summed E-state index contributed by atoms with van der Waals surface area (Å²) in [6.45, 7) is 14.9. The summed E-state index contributed by atoms with van der Waals surface area (Å²) in [7, 11) is 1.64. The first-order valence-corrected chi connectivity index (χ1v) is 11.3. The molecule has 1 aliphatic rings. The number of carbonyl (C=O) groups is 1. The first-order chi connectivity index (χ1) is 15.4. The standard InChI is InChI=1S/C29H36N2O/c1-8-12-15-25(21(5)9-2)27-17-14-13-16-26(27)24(10-3)28(11-4)31-19-18-23(20-22(31)6)29(32)30-7/h8-9,12-20H,6,10-11H2,1-5,7H3,(H,30,32)/b12-8?,21-9-,25-15+,28-24+. The summed E-state index contributed by atoms with van der Waals surface area (Å²) in [4.78, 5) is 14.2. The van der Waals surface area contributed by atoms with Crippen LogP contribution in [0.15, 0.2) is 96.0 Å². The van der Waals surface area contributed by atoms with Gasteiger partial charge in [-0.15, -0.1) is 0 Å². The van der Waals surface area contributed by atoms with Crippen molar-refractivity contribution in [3.8, 4) is 0 Å². The van der Waals surface area contributed by atoms with Crippen LogP contribution in [0, 0.1) is 0 Å². The predicted molar refractivity (Wildman–Crippen MR) is 138 cm³/mol. The van der Waals surface area contributed by atoms with E-state index in [1.807, 2.05) is 25.3 Å². The number of hydrogen-bond acceptors (Lipinski definition) is 2. The Labute approximate surface area is 193 Å². The van der Waals surface area contributed by atoms with E-state index in [1.54, 1.807) is 7.05 Å². The van der Waals surface area contributed by atoms with E-state index in [-0.39, 0.29) is 5.91 Å². The Morgan fingerprint density at radius 3 is 2.34 bits per heavy atom. The minimum absolute atomic E-state index is 0.106. The topological polar surface area (TPSA) is 32.3 Å². The molecule has 1 aromatic carbocycles. The highest BCUT2D eigenvalue weighted by atomic mass is 16.1. The Morgan fingerprint density at radius 2 is 1.81 bits per heavy atom. The second-order valence-electron chi connectivity index (χ2n) is 7.61. The lowest BCUT2D eigenvalue weighted by Crippen LogP contribution is -2.24. The molecule has 1 N–H and O–H groups in total. The number of carbonyl (C=O) groups excluding carboxylic acids is 1. The summed E-state index contributed by atoms with van der Waals surface area (Å²) in [5.41, 5.74) is 8.78. The molecule has 0 bridgehead atoms. The number of nitrogens with zero attached hydrogens (tertiary/aromatic N) is 1. The van der Waals surface area contributed by atoms with Gasteiger partial charge in [0.2, 0.25) is 0 Å². The molecule has 3 nitrogen and oxygen atoms in total. The van der Waals surface area contributed by atoms with Crippen LogP contribution in [0.4, 0.5) is 0 Å². The fourth-order valence-electron chi connectivity index (χ4n) is 3.94. The smallest absolute Gasteiger partial charge is 0.251 e. The van der Waals surface area contributed by atoms with Crippen LogP contribution in [0.3, 0.4) is 0 Å². The maximum atomic E-state index is 12.0. The van der Waals surface area contributed by atoms with Gasteiger partial charge >= 0.3 is 0 Å². The lowest BCUT2D eigenvalue weighted by molar-refractivity contribution is -0.116. The molecule has 0 saturated carbocycles. The van der Waals surface area contributed by atoms with Crippen molar-refractivity contribution in [2.24, 2.45) is 0 Å². The van der Waals surface area contributed by atoms with Crippen LogP contribution in [0.2, 0.25) is 0 Å². The second kappa shape index (κ2) is 11.9. The third-order valence-electron chi connectivity index (χ3n) is 5.71. The zero-order valence-corrected chi connectivity index (χ0v) is 20.3. The van der Waals surface area contributed by atoms with Crippen molar-refractivity contribution in [2.75, 3.05) is 7.05 Å². The van der Waals surface area contributed by atoms with Gasteiger partial charge in [-0.25, -0.2) is 0 Å². The Morgan fingerprint density at radius 1 is 1.12 bits per heavy atom. The highest BCUT2D eigenvalue weighted by Crippen LogP contribution is 2.36. The molecule has 0 spiro atoms. The van der Waals surface area contributed by atoms with E-state index in [4.69, 9.17) is 0 Å². The zero-order chi connectivity index (χ0) is 23.7. The molecule has 1 heterocycles. The van der Waals surface area contributed by atoms with E-state index >= 15 is 0 Å². The third kappa shape index (κ3) is 5.47. The number of amides is 1. The minimum atomic E-state index is -0.106. The number of allylic oxidation sites excluding steroid dienone is 9. The van der Waals surface area contributed by atoms with Gasteiger partial charge in [0.05, 0.1) is 0 Å². The molecule has 3 heteroatoms. The van der Waals surface area contributed by atoms with E-state index in [9.17, 15) is 4.79 Å². The summed E-state index contributed by atoms with van der Waals surface area (Å²) in [6.07, 6.45) is 15.9. The molecular formula is C29H36N2O. The van der Waals surface area contributed by atoms with Crippen molar-refractivity contribution < 1.29 is 4.79 Å². The van der Waals surface area contributed by atoms with Gasteiger partial charge in [0.15, 0.2) is 0 Å². The van der Waals surface area contributed by atoms with E-state index < -0.39 is 0 Å². The van der Waals surface area contributed by atoms with Crippen molar-refractivity contribution in [3.63, 3.8) is 0 Å². The predicted octanol–water partition coefficient (Wildman–Crippen LogP) is 7.16.